The molecule has 2 aromatic heterocycles. The molecule has 1 fully saturated rings. The zero-order valence-electron chi connectivity index (χ0n) is 16.4. The SMILES string of the molecule is Cc1nc(-c2c[nH]c3c(C#N)cccc23)cnc1N1CCC(N)C1.O=C(O)C(F)(F)F. The average molecular weight is 432 g/mol. The topological polar surface area (TPSA) is 132 Å². The van der Waals surface area contributed by atoms with Gasteiger partial charge in [-0.25, -0.2) is 14.8 Å². The van der Waals surface area contributed by atoms with E-state index >= 15 is 0 Å². The van der Waals surface area contributed by atoms with Gasteiger partial charge >= 0.3 is 12.1 Å². The zero-order chi connectivity index (χ0) is 22.8. The molecule has 0 amide bonds. The maximum absolute atomic E-state index is 10.6. The van der Waals surface area contributed by atoms with Gasteiger partial charge in [-0.3, -0.25) is 0 Å². The van der Waals surface area contributed by atoms with Crippen LogP contribution in [0.1, 0.15) is 17.7 Å². The van der Waals surface area contributed by atoms with Gasteiger partial charge in [0, 0.05) is 36.3 Å². The molecule has 4 N–H and O–H groups in total. The number of rotatable bonds is 2. The molecular weight excluding hydrogens is 413 g/mol. The number of carbonyl (C=O) groups is 1. The summed E-state index contributed by atoms with van der Waals surface area (Å²) in [6.45, 7) is 3.73. The number of hydrogen-bond acceptors (Lipinski definition) is 6. The van der Waals surface area contributed by atoms with Gasteiger partial charge in [-0.05, 0) is 19.4 Å². The molecule has 4 rings (SSSR count). The van der Waals surface area contributed by atoms with Gasteiger partial charge in [-0.2, -0.15) is 18.4 Å². The van der Waals surface area contributed by atoms with Crippen LogP contribution in [-0.4, -0.2) is 51.3 Å². The molecule has 162 valence electrons. The number of alkyl halides is 3. The lowest BCUT2D eigenvalue weighted by molar-refractivity contribution is -0.192. The van der Waals surface area contributed by atoms with E-state index in [1.807, 2.05) is 25.3 Å². The van der Waals surface area contributed by atoms with Crippen LogP contribution in [0.25, 0.3) is 22.2 Å². The van der Waals surface area contributed by atoms with Crippen molar-refractivity contribution in [3.05, 3.63) is 41.9 Å². The van der Waals surface area contributed by atoms with E-state index in [0.717, 1.165) is 53.2 Å². The van der Waals surface area contributed by atoms with Crippen molar-refractivity contribution in [1.29, 1.82) is 5.26 Å². The summed E-state index contributed by atoms with van der Waals surface area (Å²) in [4.78, 5) is 23.6. The summed E-state index contributed by atoms with van der Waals surface area (Å²) in [6.07, 6.45) is -0.406. The smallest absolute Gasteiger partial charge is 0.475 e. The maximum Gasteiger partial charge on any atom is 0.490 e. The van der Waals surface area contributed by atoms with Crippen molar-refractivity contribution in [2.75, 3.05) is 18.0 Å². The molecule has 31 heavy (non-hydrogen) atoms. The van der Waals surface area contributed by atoms with Crippen molar-refractivity contribution in [1.82, 2.24) is 15.0 Å². The van der Waals surface area contributed by atoms with Gasteiger partial charge in [0.2, 0.25) is 0 Å². The third kappa shape index (κ3) is 4.75. The van der Waals surface area contributed by atoms with E-state index in [1.165, 1.54) is 0 Å². The van der Waals surface area contributed by atoms with E-state index in [0.29, 0.717) is 5.56 Å². The number of anilines is 1. The molecule has 11 heteroatoms. The molecule has 1 aliphatic heterocycles. The number of aromatic amines is 1. The lowest BCUT2D eigenvalue weighted by Crippen LogP contribution is -2.27. The van der Waals surface area contributed by atoms with Crippen LogP contribution in [0.15, 0.2) is 30.6 Å². The quantitative estimate of drug-likeness (QED) is 0.567. The first kappa shape index (κ1) is 22.0. The number of benzene rings is 1. The molecule has 0 saturated carbocycles. The Hall–Kier alpha value is -3.65. The van der Waals surface area contributed by atoms with Gasteiger partial charge in [0.05, 0.1) is 28.7 Å². The number of aliphatic carboxylic acids is 1. The number of nitriles is 1. The number of hydrogen-bond donors (Lipinski definition) is 3. The number of nitrogens with zero attached hydrogens (tertiary/aromatic N) is 4. The van der Waals surface area contributed by atoms with Crippen molar-refractivity contribution in [2.45, 2.75) is 25.6 Å². The van der Waals surface area contributed by atoms with Crippen LogP contribution in [0.5, 0.6) is 0 Å². The molecule has 0 bridgehead atoms. The van der Waals surface area contributed by atoms with E-state index < -0.39 is 12.1 Å². The van der Waals surface area contributed by atoms with Crippen molar-refractivity contribution < 1.29 is 23.1 Å². The summed E-state index contributed by atoms with van der Waals surface area (Å²) in [7, 11) is 0. The predicted octanol–water partition coefficient (Wildman–Crippen LogP) is 2.98. The van der Waals surface area contributed by atoms with E-state index in [4.69, 9.17) is 20.6 Å². The van der Waals surface area contributed by atoms with Crippen LogP contribution in [0.2, 0.25) is 0 Å². The minimum absolute atomic E-state index is 0.212. The predicted molar refractivity (Wildman–Crippen MR) is 107 cm³/mol. The Morgan fingerprint density at radius 2 is 2.13 bits per heavy atom. The molecule has 3 aromatic rings. The number of nitrogens with two attached hydrogens (primary N) is 1. The highest BCUT2D eigenvalue weighted by atomic mass is 19.4. The third-order valence-electron chi connectivity index (χ3n) is 4.80. The largest absolute Gasteiger partial charge is 0.490 e. The molecule has 1 aliphatic rings. The first-order chi connectivity index (χ1) is 14.6. The van der Waals surface area contributed by atoms with Crippen molar-refractivity contribution >= 4 is 22.7 Å². The van der Waals surface area contributed by atoms with Gasteiger partial charge in [0.15, 0.2) is 0 Å². The molecule has 1 unspecified atom stereocenters. The van der Waals surface area contributed by atoms with E-state index in [1.54, 1.807) is 12.3 Å². The Morgan fingerprint density at radius 3 is 2.68 bits per heavy atom. The number of H-pyrrole nitrogens is 1. The van der Waals surface area contributed by atoms with Crippen LogP contribution in [0.3, 0.4) is 0 Å². The fourth-order valence-corrected chi connectivity index (χ4v) is 3.35. The van der Waals surface area contributed by atoms with E-state index in [-0.39, 0.29) is 6.04 Å². The van der Waals surface area contributed by atoms with Crippen LogP contribution >= 0.6 is 0 Å². The van der Waals surface area contributed by atoms with Gasteiger partial charge in [0.25, 0.3) is 0 Å². The Labute approximate surface area is 175 Å². The van der Waals surface area contributed by atoms with Crippen molar-refractivity contribution in [3.63, 3.8) is 0 Å². The molecule has 0 radical (unpaired) electrons. The molecule has 3 heterocycles. The number of para-hydroxylation sites is 1. The lowest BCUT2D eigenvalue weighted by Gasteiger charge is -2.18. The number of carboxylic acid groups (broad SMARTS) is 1. The molecule has 0 aliphatic carbocycles. The minimum atomic E-state index is -5.08. The second kappa shape index (κ2) is 8.61. The fourth-order valence-electron chi connectivity index (χ4n) is 3.35. The van der Waals surface area contributed by atoms with Gasteiger partial charge in [0.1, 0.15) is 11.9 Å². The van der Waals surface area contributed by atoms with Gasteiger partial charge < -0.3 is 20.7 Å². The average Bonchev–Trinajstić information content (AvgIpc) is 3.33. The summed E-state index contributed by atoms with van der Waals surface area (Å²) in [6, 6.07) is 8.11. The summed E-state index contributed by atoms with van der Waals surface area (Å²) in [5.41, 5.74) is 10.1. The number of fused-ring (bicyclic) bond motifs is 1. The molecule has 1 aromatic carbocycles. The monoisotopic (exact) mass is 432 g/mol. The summed E-state index contributed by atoms with van der Waals surface area (Å²) in [5.74, 6) is -1.85. The molecule has 0 spiro atoms. The number of halogens is 3. The highest BCUT2D eigenvalue weighted by Crippen LogP contribution is 2.30. The summed E-state index contributed by atoms with van der Waals surface area (Å²) in [5, 5.41) is 17.3. The number of nitrogens with one attached hydrogen (secondary N) is 1. The Bertz CT molecular complexity index is 1150. The molecule has 1 saturated heterocycles. The van der Waals surface area contributed by atoms with Crippen LogP contribution in [0.4, 0.5) is 19.0 Å². The van der Waals surface area contributed by atoms with Crippen LogP contribution in [-0.2, 0) is 4.79 Å². The Morgan fingerprint density at radius 1 is 1.42 bits per heavy atom. The lowest BCUT2D eigenvalue weighted by atomic mass is 10.1. The Balaban J connectivity index is 0.000000339. The highest BCUT2D eigenvalue weighted by Gasteiger charge is 2.38. The Kier molecular flexibility index (Phi) is 6.12. The zero-order valence-corrected chi connectivity index (χ0v) is 16.4. The summed E-state index contributed by atoms with van der Waals surface area (Å²) >= 11 is 0. The number of carboxylic acids is 1. The fraction of sp³-hybridized carbons (Fsp3) is 0.300. The van der Waals surface area contributed by atoms with Crippen LogP contribution in [0, 0.1) is 18.3 Å². The minimum Gasteiger partial charge on any atom is -0.475 e. The highest BCUT2D eigenvalue weighted by molar-refractivity contribution is 5.97. The first-order valence-electron chi connectivity index (χ1n) is 9.26. The molecule has 8 nitrogen and oxygen atoms in total. The van der Waals surface area contributed by atoms with E-state index in [9.17, 15) is 18.4 Å². The molecular formula is C20H19F3N6O2. The second-order valence-corrected chi connectivity index (χ2v) is 7.00. The molecule has 1 atom stereocenters. The standard InChI is InChI=1S/C18H18N6.C2HF3O2/c1-11-18(24-6-5-13(20)10-24)22-9-16(23-11)15-8-21-17-12(7-19)3-2-4-14(15)17;3-2(4,5)1(6)7/h2-4,8-9,13,21H,5-6,10,20H2,1H3;(H,6,7). The normalized spacial score (nSPS) is 16.0. The van der Waals surface area contributed by atoms with Gasteiger partial charge in [-0.15, -0.1) is 0 Å². The van der Waals surface area contributed by atoms with E-state index in [2.05, 4.69) is 20.9 Å². The maximum atomic E-state index is 10.6. The number of aromatic nitrogens is 3. The first-order valence-corrected chi connectivity index (χ1v) is 9.26. The van der Waals surface area contributed by atoms with Crippen LogP contribution < -0.4 is 10.6 Å². The van der Waals surface area contributed by atoms with Crippen molar-refractivity contribution in [3.8, 4) is 17.3 Å². The second-order valence-electron chi connectivity index (χ2n) is 7.00. The van der Waals surface area contributed by atoms with Crippen molar-refractivity contribution in [2.24, 2.45) is 5.73 Å². The third-order valence-corrected chi connectivity index (χ3v) is 4.80. The summed E-state index contributed by atoms with van der Waals surface area (Å²) < 4.78 is 31.7. The van der Waals surface area contributed by atoms with Gasteiger partial charge in [-0.1, -0.05) is 12.1 Å². The number of aryl methyl sites for hydroxylation is 1.